The first-order valence-corrected chi connectivity index (χ1v) is 11.4. The highest BCUT2D eigenvalue weighted by Crippen LogP contribution is 2.28. The maximum absolute atomic E-state index is 12.3. The van der Waals surface area contributed by atoms with Crippen LogP contribution in [0.2, 0.25) is 5.02 Å². The number of nitrogens with one attached hydrogen (secondary N) is 2. The largest absolute Gasteiger partial charge is 0.495 e. The van der Waals surface area contributed by atoms with Crippen molar-refractivity contribution in [2.45, 2.75) is 24.3 Å². The van der Waals surface area contributed by atoms with Crippen molar-refractivity contribution in [2.24, 2.45) is 5.92 Å². The van der Waals surface area contributed by atoms with Crippen LogP contribution < -0.4 is 15.4 Å². The normalized spacial score (nSPS) is 15.1. The molecule has 0 spiro atoms. The van der Waals surface area contributed by atoms with E-state index < -0.39 is 0 Å². The van der Waals surface area contributed by atoms with Crippen LogP contribution in [-0.4, -0.2) is 43.9 Å². The Morgan fingerprint density at radius 3 is 2.72 bits per heavy atom. The van der Waals surface area contributed by atoms with Gasteiger partial charge in [0.2, 0.25) is 0 Å². The minimum absolute atomic E-state index is 0.234. The molecular formula is C22H28ClN3O2S. The molecule has 2 aromatic carbocycles. The van der Waals surface area contributed by atoms with Gasteiger partial charge in [-0.25, -0.2) is 4.79 Å². The number of hydrogen-bond donors (Lipinski definition) is 2. The predicted molar refractivity (Wildman–Crippen MR) is 121 cm³/mol. The molecule has 0 radical (unpaired) electrons. The van der Waals surface area contributed by atoms with Crippen molar-refractivity contribution in [3.05, 3.63) is 53.1 Å². The van der Waals surface area contributed by atoms with E-state index in [0.717, 1.165) is 32.5 Å². The molecule has 29 heavy (non-hydrogen) atoms. The molecule has 0 unspecified atom stereocenters. The van der Waals surface area contributed by atoms with Crippen LogP contribution in [0, 0.1) is 5.92 Å². The molecule has 0 bridgehead atoms. The van der Waals surface area contributed by atoms with Gasteiger partial charge in [0, 0.05) is 23.0 Å². The van der Waals surface area contributed by atoms with Gasteiger partial charge in [-0.05, 0) is 67.9 Å². The summed E-state index contributed by atoms with van der Waals surface area (Å²) in [5.74, 6) is 1.08. The lowest BCUT2D eigenvalue weighted by Gasteiger charge is -2.32. The molecule has 3 rings (SSSR count). The SMILES string of the molecule is COc1ccc(Cl)cc1NC(=O)NCC1CCN(Cc2ccccc2SC)CC1. The van der Waals surface area contributed by atoms with Gasteiger partial charge in [0.05, 0.1) is 12.8 Å². The molecule has 1 aliphatic heterocycles. The molecule has 2 N–H and O–H groups in total. The Labute approximate surface area is 182 Å². The smallest absolute Gasteiger partial charge is 0.319 e. The number of methoxy groups -OCH3 is 1. The Morgan fingerprint density at radius 1 is 1.24 bits per heavy atom. The number of amides is 2. The van der Waals surface area contributed by atoms with E-state index in [1.54, 1.807) is 37.1 Å². The molecule has 1 saturated heterocycles. The second-order valence-electron chi connectivity index (χ2n) is 7.21. The Balaban J connectivity index is 1.43. The molecule has 7 heteroatoms. The number of benzene rings is 2. The van der Waals surface area contributed by atoms with Crippen LogP contribution in [0.3, 0.4) is 0 Å². The second-order valence-corrected chi connectivity index (χ2v) is 8.50. The topological polar surface area (TPSA) is 53.6 Å². The molecule has 5 nitrogen and oxygen atoms in total. The lowest BCUT2D eigenvalue weighted by atomic mass is 9.96. The molecule has 0 aromatic heterocycles. The molecule has 0 aliphatic carbocycles. The minimum Gasteiger partial charge on any atom is -0.495 e. The van der Waals surface area contributed by atoms with Crippen LogP contribution in [-0.2, 0) is 6.54 Å². The van der Waals surface area contributed by atoms with E-state index in [1.807, 2.05) is 0 Å². The van der Waals surface area contributed by atoms with Crippen LogP contribution in [0.4, 0.5) is 10.5 Å². The number of carbonyl (C=O) groups excluding carboxylic acids is 1. The average molecular weight is 434 g/mol. The van der Waals surface area contributed by atoms with Crippen molar-refractivity contribution >= 4 is 35.1 Å². The fourth-order valence-corrected chi connectivity index (χ4v) is 4.39. The molecule has 1 fully saturated rings. The molecule has 1 aliphatic rings. The molecule has 0 atom stereocenters. The number of urea groups is 1. The number of thioether (sulfide) groups is 1. The van der Waals surface area contributed by atoms with E-state index in [2.05, 4.69) is 46.1 Å². The molecule has 1 heterocycles. The first kappa shape index (κ1) is 21.8. The quantitative estimate of drug-likeness (QED) is 0.596. The van der Waals surface area contributed by atoms with E-state index >= 15 is 0 Å². The van der Waals surface area contributed by atoms with Gasteiger partial charge in [-0.15, -0.1) is 11.8 Å². The second kappa shape index (κ2) is 10.8. The lowest BCUT2D eigenvalue weighted by Crippen LogP contribution is -2.39. The third-order valence-electron chi connectivity index (χ3n) is 5.25. The Hall–Kier alpha value is -1.89. The maximum atomic E-state index is 12.3. The number of halogens is 1. The summed E-state index contributed by atoms with van der Waals surface area (Å²) in [6.45, 7) is 3.77. The monoisotopic (exact) mass is 433 g/mol. The number of hydrogen-bond acceptors (Lipinski definition) is 4. The fraction of sp³-hybridized carbons (Fsp3) is 0.409. The maximum Gasteiger partial charge on any atom is 0.319 e. The zero-order valence-electron chi connectivity index (χ0n) is 16.9. The summed E-state index contributed by atoms with van der Waals surface area (Å²) >= 11 is 7.82. The first-order chi connectivity index (χ1) is 14.1. The van der Waals surface area contributed by atoms with Crippen LogP contribution >= 0.6 is 23.4 Å². The van der Waals surface area contributed by atoms with Crippen LogP contribution in [0.15, 0.2) is 47.4 Å². The van der Waals surface area contributed by atoms with Crippen molar-refractivity contribution in [2.75, 3.05) is 38.3 Å². The highest BCUT2D eigenvalue weighted by molar-refractivity contribution is 7.98. The molecule has 2 aromatic rings. The summed E-state index contributed by atoms with van der Waals surface area (Å²) in [5.41, 5.74) is 1.96. The predicted octanol–water partition coefficient (Wildman–Crippen LogP) is 5.10. The Kier molecular flexibility index (Phi) is 8.09. The Bertz CT molecular complexity index is 825. The fourth-order valence-electron chi connectivity index (χ4n) is 3.60. The number of nitrogens with zero attached hydrogens (tertiary/aromatic N) is 1. The van der Waals surface area contributed by atoms with Crippen molar-refractivity contribution in [3.63, 3.8) is 0 Å². The van der Waals surface area contributed by atoms with Crippen molar-refractivity contribution < 1.29 is 9.53 Å². The lowest BCUT2D eigenvalue weighted by molar-refractivity contribution is 0.175. The highest BCUT2D eigenvalue weighted by atomic mass is 35.5. The van der Waals surface area contributed by atoms with Crippen molar-refractivity contribution in [1.29, 1.82) is 0 Å². The van der Waals surface area contributed by atoms with Gasteiger partial charge in [0.1, 0.15) is 5.75 Å². The Morgan fingerprint density at radius 2 is 2.00 bits per heavy atom. The first-order valence-electron chi connectivity index (χ1n) is 9.81. The van der Waals surface area contributed by atoms with Crippen LogP contribution in [0.5, 0.6) is 5.75 Å². The summed E-state index contributed by atoms with van der Waals surface area (Å²) in [4.78, 5) is 16.1. The number of carbonyl (C=O) groups is 1. The van der Waals surface area contributed by atoms with Gasteiger partial charge in [-0.3, -0.25) is 4.90 Å². The third-order valence-corrected chi connectivity index (χ3v) is 6.33. The zero-order chi connectivity index (χ0) is 20.6. The molecule has 0 saturated carbocycles. The van der Waals surface area contributed by atoms with Gasteiger partial charge in [-0.1, -0.05) is 29.8 Å². The average Bonchev–Trinajstić information content (AvgIpc) is 2.74. The summed E-state index contributed by atoms with van der Waals surface area (Å²) < 4.78 is 5.26. The van der Waals surface area contributed by atoms with E-state index in [9.17, 15) is 4.79 Å². The van der Waals surface area contributed by atoms with Gasteiger partial charge in [0.25, 0.3) is 0 Å². The number of rotatable bonds is 7. The summed E-state index contributed by atoms with van der Waals surface area (Å²) in [6, 6.07) is 13.5. The molecule has 156 valence electrons. The van der Waals surface area contributed by atoms with Gasteiger partial charge >= 0.3 is 6.03 Å². The summed E-state index contributed by atoms with van der Waals surface area (Å²) in [7, 11) is 1.57. The van der Waals surface area contributed by atoms with E-state index in [1.165, 1.54) is 10.5 Å². The van der Waals surface area contributed by atoms with Crippen LogP contribution in [0.1, 0.15) is 18.4 Å². The van der Waals surface area contributed by atoms with Crippen molar-refractivity contribution in [1.82, 2.24) is 10.2 Å². The number of ether oxygens (including phenoxy) is 1. The summed E-state index contributed by atoms with van der Waals surface area (Å²) in [5, 5.41) is 6.36. The number of likely N-dealkylation sites (tertiary alicyclic amines) is 1. The minimum atomic E-state index is -0.234. The van der Waals surface area contributed by atoms with Gasteiger partial charge < -0.3 is 15.4 Å². The van der Waals surface area contributed by atoms with E-state index in [-0.39, 0.29) is 6.03 Å². The molecule has 2 amide bonds. The van der Waals surface area contributed by atoms with Crippen molar-refractivity contribution in [3.8, 4) is 5.75 Å². The summed E-state index contributed by atoms with van der Waals surface area (Å²) in [6.07, 6.45) is 4.30. The van der Waals surface area contributed by atoms with Gasteiger partial charge in [0.15, 0.2) is 0 Å². The van der Waals surface area contributed by atoms with E-state index in [0.29, 0.717) is 28.9 Å². The third kappa shape index (κ3) is 6.29. The molecular weight excluding hydrogens is 406 g/mol. The highest BCUT2D eigenvalue weighted by Gasteiger charge is 2.20. The van der Waals surface area contributed by atoms with Gasteiger partial charge in [-0.2, -0.15) is 0 Å². The number of piperidine rings is 1. The van der Waals surface area contributed by atoms with Crippen LogP contribution in [0.25, 0.3) is 0 Å². The number of anilines is 1. The standard InChI is InChI=1S/C22H28ClN3O2S/c1-28-20-8-7-18(23)13-19(20)25-22(27)24-14-16-9-11-26(12-10-16)15-17-5-3-4-6-21(17)29-2/h3-8,13,16H,9-12,14-15H2,1-2H3,(H2,24,25,27). The zero-order valence-corrected chi connectivity index (χ0v) is 18.5. The van der Waals surface area contributed by atoms with E-state index in [4.69, 9.17) is 16.3 Å².